The van der Waals surface area contributed by atoms with Gasteiger partial charge in [-0.1, -0.05) is 6.07 Å². The number of hydrogen-bond donors (Lipinski definition) is 1. The molecule has 21 heavy (non-hydrogen) atoms. The Morgan fingerprint density at radius 2 is 2.10 bits per heavy atom. The highest BCUT2D eigenvalue weighted by molar-refractivity contribution is 5.69. The molecule has 2 aliphatic rings. The van der Waals surface area contributed by atoms with E-state index in [4.69, 9.17) is 13.9 Å². The highest BCUT2D eigenvalue weighted by Crippen LogP contribution is 2.39. The van der Waals surface area contributed by atoms with Gasteiger partial charge in [0.05, 0.1) is 11.8 Å². The number of fused-ring (bicyclic) bond motifs is 1. The van der Waals surface area contributed by atoms with Gasteiger partial charge in [0.15, 0.2) is 23.1 Å². The van der Waals surface area contributed by atoms with E-state index in [9.17, 15) is 0 Å². The lowest BCUT2D eigenvalue weighted by Gasteiger charge is -2.19. The smallest absolute Gasteiger partial charge is 0.196 e. The van der Waals surface area contributed by atoms with Crippen LogP contribution in [0.4, 0.5) is 0 Å². The summed E-state index contributed by atoms with van der Waals surface area (Å²) in [6, 6.07) is 6.54. The van der Waals surface area contributed by atoms with Gasteiger partial charge in [-0.25, -0.2) is 4.98 Å². The van der Waals surface area contributed by atoms with Gasteiger partial charge in [0.2, 0.25) is 0 Å². The molecule has 1 saturated carbocycles. The first-order valence-corrected chi connectivity index (χ1v) is 7.47. The van der Waals surface area contributed by atoms with Crippen LogP contribution in [0.2, 0.25) is 0 Å². The van der Waals surface area contributed by atoms with Gasteiger partial charge in [-0.2, -0.15) is 0 Å². The number of hydrogen-bond acceptors (Lipinski definition) is 5. The molecule has 0 bridgehead atoms. The molecule has 1 N–H and O–H groups in total. The Hall–Kier alpha value is -2.01. The third-order valence-electron chi connectivity index (χ3n) is 3.73. The van der Waals surface area contributed by atoms with Crippen molar-refractivity contribution in [3.63, 3.8) is 0 Å². The molecule has 0 spiro atoms. The molecule has 0 saturated heterocycles. The summed E-state index contributed by atoms with van der Waals surface area (Å²) in [7, 11) is 0. The quantitative estimate of drug-likeness (QED) is 0.914. The minimum atomic E-state index is 0.566. The SMILES string of the molecule is c1cc2c(c(-c3cnc(CCNC4CC4)o3)c1)OCCO2. The predicted octanol–water partition coefficient (Wildman–Crippen LogP) is 2.41. The largest absolute Gasteiger partial charge is 0.486 e. The Labute approximate surface area is 123 Å². The zero-order valence-corrected chi connectivity index (χ0v) is 11.8. The standard InChI is InChI=1S/C16H18N2O3/c1-2-12(16-13(3-1)19-8-9-20-16)14-10-18-15(21-14)6-7-17-11-4-5-11/h1-3,10-11,17H,4-9H2. The average Bonchev–Trinajstić information content (AvgIpc) is 3.23. The molecule has 5 nitrogen and oxygen atoms in total. The van der Waals surface area contributed by atoms with Crippen LogP contribution in [0.15, 0.2) is 28.8 Å². The second-order valence-electron chi connectivity index (χ2n) is 5.43. The maximum absolute atomic E-state index is 5.85. The molecule has 0 unspecified atom stereocenters. The number of benzene rings is 1. The average molecular weight is 286 g/mol. The van der Waals surface area contributed by atoms with Crippen molar-refractivity contribution >= 4 is 0 Å². The number of rotatable bonds is 5. The molecule has 2 heterocycles. The Kier molecular flexibility index (Phi) is 3.27. The maximum Gasteiger partial charge on any atom is 0.196 e. The van der Waals surface area contributed by atoms with Crippen LogP contribution in [0.1, 0.15) is 18.7 Å². The van der Waals surface area contributed by atoms with E-state index in [1.54, 1.807) is 6.20 Å². The van der Waals surface area contributed by atoms with E-state index in [0.29, 0.717) is 19.3 Å². The van der Waals surface area contributed by atoms with Crippen LogP contribution < -0.4 is 14.8 Å². The molecular weight excluding hydrogens is 268 g/mol. The lowest BCUT2D eigenvalue weighted by atomic mass is 10.1. The lowest BCUT2D eigenvalue weighted by Crippen LogP contribution is -2.19. The van der Waals surface area contributed by atoms with Gasteiger partial charge in [0.1, 0.15) is 13.2 Å². The number of nitrogens with one attached hydrogen (secondary N) is 1. The topological polar surface area (TPSA) is 56.5 Å². The Balaban J connectivity index is 1.52. The van der Waals surface area contributed by atoms with Crippen LogP contribution in [0.25, 0.3) is 11.3 Å². The highest BCUT2D eigenvalue weighted by Gasteiger charge is 2.21. The van der Waals surface area contributed by atoms with Gasteiger partial charge in [-0.15, -0.1) is 0 Å². The van der Waals surface area contributed by atoms with Crippen LogP contribution in [0.5, 0.6) is 11.5 Å². The third kappa shape index (κ3) is 2.74. The van der Waals surface area contributed by atoms with Crippen LogP contribution in [0, 0.1) is 0 Å². The first kappa shape index (κ1) is 12.7. The van der Waals surface area contributed by atoms with Gasteiger partial charge in [-0.05, 0) is 25.0 Å². The summed E-state index contributed by atoms with van der Waals surface area (Å²) in [5.74, 6) is 3.01. The molecule has 5 heteroatoms. The van der Waals surface area contributed by atoms with E-state index in [1.165, 1.54) is 12.8 Å². The summed E-state index contributed by atoms with van der Waals surface area (Å²) in [5, 5.41) is 3.46. The first-order valence-electron chi connectivity index (χ1n) is 7.47. The molecule has 0 atom stereocenters. The third-order valence-corrected chi connectivity index (χ3v) is 3.73. The highest BCUT2D eigenvalue weighted by atomic mass is 16.6. The van der Waals surface area contributed by atoms with Gasteiger partial charge < -0.3 is 19.2 Å². The summed E-state index contributed by atoms with van der Waals surface area (Å²) in [6.07, 6.45) is 5.16. The number of nitrogens with zero attached hydrogens (tertiary/aromatic N) is 1. The summed E-state index contributed by atoms with van der Waals surface area (Å²) >= 11 is 0. The van der Waals surface area contributed by atoms with Crippen molar-refractivity contribution in [1.82, 2.24) is 10.3 Å². The van der Waals surface area contributed by atoms with E-state index < -0.39 is 0 Å². The summed E-state index contributed by atoms with van der Waals surface area (Å²) < 4.78 is 17.2. The molecular formula is C16H18N2O3. The molecule has 1 fully saturated rings. The van der Waals surface area contributed by atoms with Crippen molar-refractivity contribution in [3.05, 3.63) is 30.3 Å². The number of aromatic nitrogens is 1. The maximum atomic E-state index is 5.85. The van der Waals surface area contributed by atoms with E-state index in [-0.39, 0.29) is 0 Å². The molecule has 0 amide bonds. The van der Waals surface area contributed by atoms with Crippen molar-refractivity contribution in [2.75, 3.05) is 19.8 Å². The number of ether oxygens (including phenoxy) is 2. The molecule has 0 radical (unpaired) electrons. The van der Waals surface area contributed by atoms with E-state index in [0.717, 1.165) is 41.7 Å². The Morgan fingerprint density at radius 3 is 3.00 bits per heavy atom. The summed E-state index contributed by atoms with van der Waals surface area (Å²) in [4.78, 5) is 4.36. The summed E-state index contributed by atoms with van der Waals surface area (Å²) in [5.41, 5.74) is 0.904. The monoisotopic (exact) mass is 286 g/mol. The molecule has 110 valence electrons. The zero-order valence-electron chi connectivity index (χ0n) is 11.8. The second kappa shape index (κ2) is 5.41. The second-order valence-corrected chi connectivity index (χ2v) is 5.43. The fourth-order valence-corrected chi connectivity index (χ4v) is 2.49. The molecule has 1 aromatic heterocycles. The van der Waals surface area contributed by atoms with Gasteiger partial charge in [0.25, 0.3) is 0 Å². The zero-order chi connectivity index (χ0) is 14.1. The molecule has 1 aromatic carbocycles. The fourth-order valence-electron chi connectivity index (χ4n) is 2.49. The Bertz CT molecular complexity index is 634. The summed E-state index contributed by atoms with van der Waals surface area (Å²) in [6.45, 7) is 2.07. The molecule has 1 aliphatic carbocycles. The van der Waals surface area contributed by atoms with Crippen molar-refractivity contribution < 1.29 is 13.9 Å². The Morgan fingerprint density at radius 1 is 1.19 bits per heavy atom. The minimum absolute atomic E-state index is 0.566. The van der Waals surface area contributed by atoms with Crippen LogP contribution in [-0.4, -0.2) is 30.8 Å². The number of para-hydroxylation sites is 1. The first-order chi connectivity index (χ1) is 10.4. The fraction of sp³-hybridized carbons (Fsp3) is 0.438. The van der Waals surface area contributed by atoms with E-state index >= 15 is 0 Å². The molecule has 1 aliphatic heterocycles. The number of oxazole rings is 1. The van der Waals surface area contributed by atoms with Crippen LogP contribution in [-0.2, 0) is 6.42 Å². The van der Waals surface area contributed by atoms with Crippen molar-refractivity contribution in [2.45, 2.75) is 25.3 Å². The van der Waals surface area contributed by atoms with Crippen LogP contribution in [0.3, 0.4) is 0 Å². The van der Waals surface area contributed by atoms with Gasteiger partial charge in [0, 0.05) is 19.0 Å². The molecule has 2 aromatic rings. The van der Waals surface area contributed by atoms with Crippen molar-refractivity contribution in [3.8, 4) is 22.8 Å². The predicted molar refractivity (Wildman–Crippen MR) is 77.7 cm³/mol. The van der Waals surface area contributed by atoms with E-state index in [1.807, 2.05) is 18.2 Å². The van der Waals surface area contributed by atoms with Crippen molar-refractivity contribution in [1.29, 1.82) is 0 Å². The normalized spacial score (nSPS) is 17.0. The minimum Gasteiger partial charge on any atom is -0.486 e. The van der Waals surface area contributed by atoms with Gasteiger partial charge >= 0.3 is 0 Å². The van der Waals surface area contributed by atoms with Crippen LogP contribution >= 0.6 is 0 Å². The van der Waals surface area contributed by atoms with E-state index in [2.05, 4.69) is 10.3 Å². The van der Waals surface area contributed by atoms with Crippen molar-refractivity contribution in [2.24, 2.45) is 0 Å². The van der Waals surface area contributed by atoms with Gasteiger partial charge in [-0.3, -0.25) is 0 Å². The lowest BCUT2D eigenvalue weighted by molar-refractivity contribution is 0.172. The molecule has 4 rings (SSSR count).